The van der Waals surface area contributed by atoms with Gasteiger partial charge in [0, 0.05) is 11.5 Å². The number of fused-ring (bicyclic) bond motifs is 5. The van der Waals surface area contributed by atoms with E-state index in [9.17, 15) is 9.59 Å². The number of carbonyl (C=O) groups excluding carboxylic acids is 2. The van der Waals surface area contributed by atoms with Gasteiger partial charge in [-0.15, -0.1) is 0 Å². The molecule has 3 aliphatic carbocycles. The first kappa shape index (κ1) is 17.1. The number of ether oxygens (including phenoxy) is 1. The lowest BCUT2D eigenvalue weighted by molar-refractivity contribution is -0.156. The molecule has 0 aromatic carbocycles. The molecular weight excluding hydrogens is 314 g/mol. The van der Waals surface area contributed by atoms with Crippen LogP contribution in [0.25, 0.3) is 0 Å². The van der Waals surface area contributed by atoms with Gasteiger partial charge in [0.05, 0.1) is 12.5 Å². The summed E-state index contributed by atoms with van der Waals surface area (Å²) >= 11 is 0. The number of amides is 1. The molecule has 0 saturated heterocycles. The van der Waals surface area contributed by atoms with E-state index >= 15 is 0 Å². The van der Waals surface area contributed by atoms with Crippen LogP contribution in [0.2, 0.25) is 0 Å². The molecule has 4 aliphatic rings. The third-order valence-electron chi connectivity index (χ3n) is 8.26. The fraction of sp³-hybridized carbons (Fsp3) is 0.810. The van der Waals surface area contributed by atoms with E-state index in [2.05, 4.69) is 25.2 Å². The summed E-state index contributed by atoms with van der Waals surface area (Å²) in [5, 5.41) is 3.20. The largest absolute Gasteiger partial charge is 0.466 e. The molecule has 1 amide bonds. The van der Waals surface area contributed by atoms with E-state index < -0.39 is 0 Å². The Morgan fingerprint density at radius 1 is 1.20 bits per heavy atom. The van der Waals surface area contributed by atoms with Crippen molar-refractivity contribution in [2.24, 2.45) is 34.5 Å². The van der Waals surface area contributed by atoms with Gasteiger partial charge in [0.15, 0.2) is 0 Å². The lowest BCUT2D eigenvalue weighted by atomic mass is 9.48. The van der Waals surface area contributed by atoms with Crippen LogP contribution in [0, 0.1) is 34.5 Å². The summed E-state index contributed by atoms with van der Waals surface area (Å²) in [4.78, 5) is 24.3. The summed E-state index contributed by atoms with van der Waals surface area (Å²) in [5.41, 5.74) is 0.165. The van der Waals surface area contributed by atoms with Crippen molar-refractivity contribution in [1.82, 2.24) is 5.32 Å². The van der Waals surface area contributed by atoms with E-state index in [0.717, 1.165) is 32.1 Å². The summed E-state index contributed by atoms with van der Waals surface area (Å²) in [5.74, 6) is 2.05. The van der Waals surface area contributed by atoms with Crippen LogP contribution in [0.4, 0.5) is 0 Å². The minimum Gasteiger partial charge on any atom is -0.466 e. The molecule has 25 heavy (non-hydrogen) atoms. The maximum Gasteiger partial charge on any atom is 0.309 e. The van der Waals surface area contributed by atoms with Crippen molar-refractivity contribution in [1.29, 1.82) is 0 Å². The molecule has 0 aromatic heterocycles. The zero-order chi connectivity index (χ0) is 17.8. The average molecular weight is 345 g/mol. The van der Waals surface area contributed by atoms with Gasteiger partial charge >= 0.3 is 5.97 Å². The molecule has 4 heteroatoms. The summed E-state index contributed by atoms with van der Waals surface area (Å²) in [6.45, 7) is 7.06. The van der Waals surface area contributed by atoms with Crippen LogP contribution in [0.15, 0.2) is 12.2 Å². The van der Waals surface area contributed by atoms with E-state index in [1.54, 1.807) is 6.08 Å². The molecular formula is C21H31NO3. The molecule has 0 radical (unpaired) electrons. The SMILES string of the molecule is CCOC(=O)[C@H]1CC[C@H]2[C@@H]3CC[C@H]4NC(=O)C=C[C@]4(C)[C@H]3CC[C@]12C. The normalized spacial score (nSPS) is 48.1. The highest BCUT2D eigenvalue weighted by molar-refractivity contribution is 5.89. The monoisotopic (exact) mass is 345 g/mol. The lowest BCUT2D eigenvalue weighted by Gasteiger charge is -2.58. The Kier molecular flexibility index (Phi) is 4.01. The molecule has 138 valence electrons. The number of hydrogen-bond donors (Lipinski definition) is 1. The van der Waals surface area contributed by atoms with Gasteiger partial charge in [0.25, 0.3) is 0 Å². The first-order chi connectivity index (χ1) is 11.9. The third kappa shape index (κ3) is 2.39. The Balaban J connectivity index is 1.61. The zero-order valence-corrected chi connectivity index (χ0v) is 15.7. The van der Waals surface area contributed by atoms with Gasteiger partial charge in [-0.1, -0.05) is 19.9 Å². The van der Waals surface area contributed by atoms with Gasteiger partial charge in [-0.3, -0.25) is 9.59 Å². The van der Waals surface area contributed by atoms with Crippen molar-refractivity contribution in [2.45, 2.75) is 65.3 Å². The van der Waals surface area contributed by atoms with Crippen LogP contribution in [-0.2, 0) is 14.3 Å². The van der Waals surface area contributed by atoms with Crippen LogP contribution in [0.1, 0.15) is 59.3 Å². The van der Waals surface area contributed by atoms with Gasteiger partial charge < -0.3 is 10.1 Å². The predicted octanol–water partition coefficient (Wildman–Crippen LogP) is 3.46. The number of nitrogens with one attached hydrogen (secondary N) is 1. The Hall–Kier alpha value is -1.32. The summed E-state index contributed by atoms with van der Waals surface area (Å²) in [6.07, 6.45) is 10.6. The third-order valence-corrected chi connectivity index (χ3v) is 8.26. The average Bonchev–Trinajstić information content (AvgIpc) is 2.93. The maximum atomic E-state index is 12.5. The fourth-order valence-corrected chi connectivity index (χ4v) is 6.96. The highest BCUT2D eigenvalue weighted by atomic mass is 16.5. The molecule has 0 aromatic rings. The van der Waals surface area contributed by atoms with E-state index in [1.807, 2.05) is 6.92 Å². The van der Waals surface area contributed by atoms with Crippen molar-refractivity contribution in [2.75, 3.05) is 6.61 Å². The molecule has 1 aliphatic heterocycles. The molecule has 0 spiro atoms. The number of carbonyl (C=O) groups is 2. The maximum absolute atomic E-state index is 12.5. The molecule has 1 heterocycles. The van der Waals surface area contributed by atoms with E-state index in [4.69, 9.17) is 4.74 Å². The highest BCUT2D eigenvalue weighted by Crippen LogP contribution is 2.65. The second-order valence-corrected chi connectivity index (χ2v) is 9.14. The van der Waals surface area contributed by atoms with E-state index in [0.29, 0.717) is 24.4 Å². The number of esters is 1. The second kappa shape index (κ2) is 5.85. The van der Waals surface area contributed by atoms with Crippen molar-refractivity contribution in [3.63, 3.8) is 0 Å². The first-order valence-electron chi connectivity index (χ1n) is 10.1. The number of rotatable bonds is 2. The van der Waals surface area contributed by atoms with Gasteiger partial charge in [0.1, 0.15) is 0 Å². The van der Waals surface area contributed by atoms with Crippen LogP contribution in [0.3, 0.4) is 0 Å². The Bertz CT molecular complexity index is 614. The minimum absolute atomic E-state index is 0.0238. The topological polar surface area (TPSA) is 55.4 Å². The van der Waals surface area contributed by atoms with Gasteiger partial charge in [-0.25, -0.2) is 0 Å². The van der Waals surface area contributed by atoms with Crippen molar-refractivity contribution >= 4 is 11.9 Å². The standard InChI is InChI=1S/C21H31NO3/c1-4-25-19(24)16-7-6-14-13-5-8-17-21(3,12-10-18(23)22-17)15(13)9-11-20(14,16)2/h10,12-17H,4-9,11H2,1-3H3,(H,22,23)/t13-,14-,15-,16+,17+,20-,21+/m0/s1. The van der Waals surface area contributed by atoms with Crippen LogP contribution in [0.5, 0.6) is 0 Å². The zero-order valence-electron chi connectivity index (χ0n) is 15.7. The fourth-order valence-electron chi connectivity index (χ4n) is 6.96. The molecule has 3 fully saturated rings. The first-order valence-corrected chi connectivity index (χ1v) is 10.1. The van der Waals surface area contributed by atoms with E-state index in [-0.39, 0.29) is 34.7 Å². The van der Waals surface area contributed by atoms with Crippen LogP contribution in [-0.4, -0.2) is 24.5 Å². The molecule has 1 N–H and O–H groups in total. The van der Waals surface area contributed by atoms with Crippen molar-refractivity contribution < 1.29 is 14.3 Å². The molecule has 4 rings (SSSR count). The summed E-state index contributed by atoms with van der Waals surface area (Å²) in [7, 11) is 0. The second-order valence-electron chi connectivity index (χ2n) is 9.14. The lowest BCUT2D eigenvalue weighted by Crippen LogP contribution is -2.59. The minimum atomic E-state index is 0.0238. The van der Waals surface area contributed by atoms with E-state index in [1.165, 1.54) is 6.42 Å². The Morgan fingerprint density at radius 3 is 2.76 bits per heavy atom. The molecule has 3 saturated carbocycles. The van der Waals surface area contributed by atoms with Crippen LogP contribution < -0.4 is 5.32 Å². The quantitative estimate of drug-likeness (QED) is 0.780. The predicted molar refractivity (Wildman–Crippen MR) is 95.6 cm³/mol. The number of hydrogen-bond acceptors (Lipinski definition) is 3. The van der Waals surface area contributed by atoms with Gasteiger partial charge in [0.2, 0.25) is 5.91 Å². The summed E-state index contributed by atoms with van der Waals surface area (Å²) < 4.78 is 5.40. The molecule has 0 bridgehead atoms. The molecule has 0 unspecified atom stereocenters. The Labute approximate surface area is 150 Å². The smallest absolute Gasteiger partial charge is 0.309 e. The molecule has 4 nitrogen and oxygen atoms in total. The van der Waals surface area contributed by atoms with Gasteiger partial charge in [-0.2, -0.15) is 0 Å². The van der Waals surface area contributed by atoms with Crippen LogP contribution >= 0.6 is 0 Å². The Morgan fingerprint density at radius 2 is 2.00 bits per heavy atom. The summed E-state index contributed by atoms with van der Waals surface area (Å²) in [6, 6.07) is 0.276. The van der Waals surface area contributed by atoms with Crippen molar-refractivity contribution in [3.05, 3.63) is 12.2 Å². The molecule has 7 atom stereocenters. The van der Waals surface area contributed by atoms with Gasteiger partial charge in [-0.05, 0) is 74.7 Å². The van der Waals surface area contributed by atoms with Crippen molar-refractivity contribution in [3.8, 4) is 0 Å². The highest BCUT2D eigenvalue weighted by Gasteiger charge is 2.61.